The lowest BCUT2D eigenvalue weighted by molar-refractivity contribution is -0.205. The summed E-state index contributed by atoms with van der Waals surface area (Å²) >= 11 is 5.79. The minimum Gasteiger partial charge on any atom is -0.343 e. The number of halogens is 4. The molecule has 0 spiro atoms. The highest BCUT2D eigenvalue weighted by Crippen LogP contribution is 2.22. The van der Waals surface area contributed by atoms with Gasteiger partial charge in [0.15, 0.2) is 11.0 Å². The van der Waals surface area contributed by atoms with Crippen LogP contribution >= 0.6 is 11.6 Å². The highest BCUT2D eigenvalue weighted by molar-refractivity contribution is 6.30. The average molecular weight is 299 g/mol. The molecule has 0 aliphatic carbocycles. The van der Waals surface area contributed by atoms with E-state index in [4.69, 9.17) is 11.6 Å². The zero-order valence-corrected chi connectivity index (χ0v) is 10.7. The molecule has 0 atom stereocenters. The standard InChI is InChI=1S/C9H10ClF3N4O2/c1-3-5-4(2)7(15-14-6(5)10)16-17-19-8(18)9(11,12)13/h17H,3H2,1-2H3,(H,15,16). The SMILES string of the molecule is CCc1c(Cl)nnc(NNOC(=O)C(F)(F)F)c1C. The molecule has 1 rings (SSSR count). The molecule has 19 heavy (non-hydrogen) atoms. The Kier molecular flexibility index (Phi) is 4.90. The van der Waals surface area contributed by atoms with Gasteiger partial charge in [0.25, 0.3) is 0 Å². The van der Waals surface area contributed by atoms with E-state index in [2.05, 4.69) is 20.5 Å². The first-order chi connectivity index (χ1) is 8.77. The molecule has 6 nitrogen and oxygen atoms in total. The maximum atomic E-state index is 11.8. The largest absolute Gasteiger partial charge is 0.492 e. The van der Waals surface area contributed by atoms with Gasteiger partial charge < -0.3 is 4.84 Å². The summed E-state index contributed by atoms with van der Waals surface area (Å²) in [4.78, 5) is 14.2. The second-order valence-corrected chi connectivity index (χ2v) is 3.77. The summed E-state index contributed by atoms with van der Waals surface area (Å²) in [7, 11) is 0. The van der Waals surface area contributed by atoms with Gasteiger partial charge in [0, 0.05) is 5.56 Å². The molecule has 106 valence electrons. The van der Waals surface area contributed by atoms with Crippen LogP contribution in [0.1, 0.15) is 18.1 Å². The Bertz CT molecular complexity index is 481. The smallest absolute Gasteiger partial charge is 0.343 e. The number of hydrogen-bond donors (Lipinski definition) is 2. The normalized spacial score (nSPS) is 11.3. The number of nitrogens with zero attached hydrogens (tertiary/aromatic N) is 2. The number of nitrogens with one attached hydrogen (secondary N) is 2. The van der Waals surface area contributed by atoms with E-state index in [-0.39, 0.29) is 11.0 Å². The number of rotatable bonds is 4. The van der Waals surface area contributed by atoms with Gasteiger partial charge in [-0.3, -0.25) is 5.43 Å². The number of anilines is 1. The summed E-state index contributed by atoms with van der Waals surface area (Å²) in [6.45, 7) is 3.48. The van der Waals surface area contributed by atoms with Crippen molar-refractivity contribution in [2.45, 2.75) is 26.4 Å². The number of alkyl halides is 3. The lowest BCUT2D eigenvalue weighted by Gasteiger charge is -2.12. The van der Waals surface area contributed by atoms with Crippen LogP contribution in [-0.2, 0) is 16.1 Å². The molecule has 0 saturated carbocycles. The molecule has 1 heterocycles. The van der Waals surface area contributed by atoms with Crippen LogP contribution in [0.5, 0.6) is 0 Å². The summed E-state index contributed by atoms with van der Waals surface area (Å²) in [5, 5.41) is 7.43. The van der Waals surface area contributed by atoms with Crippen LogP contribution in [0.2, 0.25) is 5.15 Å². The van der Waals surface area contributed by atoms with E-state index in [0.29, 0.717) is 17.5 Å². The Morgan fingerprint density at radius 1 is 1.42 bits per heavy atom. The minimum atomic E-state index is -5.08. The summed E-state index contributed by atoms with van der Waals surface area (Å²) in [5.74, 6) is -2.27. The minimum absolute atomic E-state index is 0.108. The molecule has 0 unspecified atom stereocenters. The fraction of sp³-hybridized carbons (Fsp3) is 0.444. The molecule has 10 heteroatoms. The molecule has 1 aromatic rings. The van der Waals surface area contributed by atoms with Crippen molar-refractivity contribution in [3.05, 3.63) is 16.3 Å². The number of carbonyl (C=O) groups excluding carboxylic acids is 1. The average Bonchev–Trinajstić information content (AvgIpc) is 2.31. The first-order valence-electron chi connectivity index (χ1n) is 5.08. The predicted molar refractivity (Wildman–Crippen MR) is 60.1 cm³/mol. The topological polar surface area (TPSA) is 76.1 Å². The van der Waals surface area contributed by atoms with Gasteiger partial charge in [-0.05, 0) is 18.9 Å². The van der Waals surface area contributed by atoms with E-state index in [1.807, 2.05) is 6.92 Å². The molecular weight excluding hydrogens is 289 g/mol. The molecule has 1 aromatic heterocycles. The Hall–Kier alpha value is -1.61. The summed E-state index contributed by atoms with van der Waals surface area (Å²) in [6, 6.07) is 0. The van der Waals surface area contributed by atoms with Gasteiger partial charge in [0.1, 0.15) is 0 Å². The third-order valence-corrected chi connectivity index (χ3v) is 2.50. The predicted octanol–water partition coefficient (Wildman–Crippen LogP) is 1.94. The lowest BCUT2D eigenvalue weighted by Crippen LogP contribution is -2.34. The first-order valence-corrected chi connectivity index (χ1v) is 5.45. The van der Waals surface area contributed by atoms with Crippen molar-refractivity contribution in [2.24, 2.45) is 0 Å². The first kappa shape index (κ1) is 15.4. The number of carbonyl (C=O) groups is 1. The van der Waals surface area contributed by atoms with Crippen molar-refractivity contribution in [3.63, 3.8) is 0 Å². The third kappa shape index (κ3) is 3.93. The van der Waals surface area contributed by atoms with Gasteiger partial charge in [-0.15, -0.1) is 10.2 Å². The van der Waals surface area contributed by atoms with Gasteiger partial charge in [-0.2, -0.15) is 13.2 Å². The fourth-order valence-electron chi connectivity index (χ4n) is 1.23. The van der Waals surface area contributed by atoms with Gasteiger partial charge in [-0.1, -0.05) is 24.1 Å². The van der Waals surface area contributed by atoms with Crippen molar-refractivity contribution in [2.75, 3.05) is 5.43 Å². The number of hydrogen-bond acceptors (Lipinski definition) is 6. The van der Waals surface area contributed by atoms with E-state index in [1.54, 1.807) is 12.5 Å². The Labute approximate surface area is 111 Å². The van der Waals surface area contributed by atoms with Crippen LogP contribution in [0, 0.1) is 6.92 Å². The quantitative estimate of drug-likeness (QED) is 0.827. The summed E-state index contributed by atoms with van der Waals surface area (Å²) < 4.78 is 35.5. The molecule has 0 fully saturated rings. The molecule has 0 aliphatic heterocycles. The van der Waals surface area contributed by atoms with Crippen LogP contribution in [-0.4, -0.2) is 22.3 Å². The van der Waals surface area contributed by atoms with E-state index >= 15 is 0 Å². The molecule has 0 aliphatic rings. The van der Waals surface area contributed by atoms with E-state index in [9.17, 15) is 18.0 Å². The maximum absolute atomic E-state index is 11.8. The van der Waals surface area contributed by atoms with Crippen molar-refractivity contribution in [3.8, 4) is 0 Å². The van der Waals surface area contributed by atoms with Gasteiger partial charge >= 0.3 is 12.1 Å². The van der Waals surface area contributed by atoms with E-state index < -0.39 is 12.1 Å². The van der Waals surface area contributed by atoms with Crippen molar-refractivity contribution in [1.29, 1.82) is 0 Å². The highest BCUT2D eigenvalue weighted by Gasteiger charge is 2.41. The maximum Gasteiger partial charge on any atom is 0.492 e. The van der Waals surface area contributed by atoms with E-state index in [1.165, 1.54) is 0 Å². The van der Waals surface area contributed by atoms with Gasteiger partial charge in [-0.25, -0.2) is 4.79 Å². The van der Waals surface area contributed by atoms with Crippen LogP contribution in [0.15, 0.2) is 0 Å². The van der Waals surface area contributed by atoms with Crippen LogP contribution < -0.4 is 11.0 Å². The second kappa shape index (κ2) is 6.02. The lowest BCUT2D eigenvalue weighted by atomic mass is 10.1. The van der Waals surface area contributed by atoms with Crippen LogP contribution in [0.4, 0.5) is 19.0 Å². The Morgan fingerprint density at radius 2 is 2.05 bits per heavy atom. The van der Waals surface area contributed by atoms with Crippen molar-refractivity contribution < 1.29 is 22.8 Å². The highest BCUT2D eigenvalue weighted by atomic mass is 35.5. The molecule has 0 saturated heterocycles. The molecule has 0 aromatic carbocycles. The van der Waals surface area contributed by atoms with Crippen molar-refractivity contribution >= 4 is 23.4 Å². The number of hydrazine groups is 1. The molecule has 0 amide bonds. The monoisotopic (exact) mass is 298 g/mol. The molecular formula is C9H10ClF3N4O2. The van der Waals surface area contributed by atoms with Gasteiger partial charge in [0.2, 0.25) is 0 Å². The molecule has 0 bridgehead atoms. The summed E-state index contributed by atoms with van der Waals surface area (Å²) in [6.07, 6.45) is -4.51. The van der Waals surface area contributed by atoms with Gasteiger partial charge in [0.05, 0.1) is 0 Å². The van der Waals surface area contributed by atoms with Crippen molar-refractivity contribution in [1.82, 2.24) is 15.8 Å². The van der Waals surface area contributed by atoms with E-state index in [0.717, 1.165) is 0 Å². The fourth-order valence-corrected chi connectivity index (χ4v) is 1.55. The summed E-state index contributed by atoms with van der Waals surface area (Å²) in [5.41, 5.74) is 5.11. The van der Waals surface area contributed by atoms with Crippen LogP contribution in [0.25, 0.3) is 0 Å². The zero-order valence-electron chi connectivity index (χ0n) is 9.93. The zero-order chi connectivity index (χ0) is 14.6. The Balaban J connectivity index is 2.67. The third-order valence-electron chi connectivity index (χ3n) is 2.19. The molecule has 0 radical (unpaired) electrons. The number of aromatic nitrogens is 2. The second-order valence-electron chi connectivity index (χ2n) is 3.41. The molecule has 2 N–H and O–H groups in total. The van der Waals surface area contributed by atoms with Crippen LogP contribution in [0.3, 0.4) is 0 Å². The Morgan fingerprint density at radius 3 is 2.58 bits per heavy atom.